The SMILES string of the molecule is CCC(C(=O)O)n1c2c(c3cc(F)ccc31)C[C@@H](NC(=O)[C@@H](Cc1ccccc1)C(C)(C)C)CC2. The lowest BCUT2D eigenvalue weighted by Gasteiger charge is -2.33. The zero-order valence-electron chi connectivity index (χ0n) is 21.0. The third-order valence-corrected chi connectivity index (χ3v) is 7.34. The van der Waals surface area contributed by atoms with E-state index in [1.54, 1.807) is 6.07 Å². The van der Waals surface area contributed by atoms with Gasteiger partial charge >= 0.3 is 5.97 Å². The first-order valence-electron chi connectivity index (χ1n) is 12.5. The first-order chi connectivity index (χ1) is 16.6. The summed E-state index contributed by atoms with van der Waals surface area (Å²) in [4.78, 5) is 25.5. The molecule has 0 fully saturated rings. The van der Waals surface area contributed by atoms with E-state index in [-0.39, 0.29) is 29.1 Å². The number of amides is 1. The molecule has 3 atom stereocenters. The molecule has 0 saturated heterocycles. The minimum Gasteiger partial charge on any atom is -0.480 e. The Bertz CT molecular complexity index is 1230. The predicted molar refractivity (Wildman–Crippen MR) is 136 cm³/mol. The molecule has 1 aliphatic carbocycles. The number of rotatable bonds is 7. The van der Waals surface area contributed by atoms with Crippen LogP contribution in [0.5, 0.6) is 0 Å². The fourth-order valence-corrected chi connectivity index (χ4v) is 5.46. The van der Waals surface area contributed by atoms with Crippen molar-refractivity contribution in [2.24, 2.45) is 11.3 Å². The molecule has 0 bridgehead atoms. The lowest BCUT2D eigenvalue weighted by Crippen LogP contribution is -2.46. The van der Waals surface area contributed by atoms with E-state index in [1.807, 2.05) is 29.7 Å². The molecule has 1 aromatic heterocycles. The van der Waals surface area contributed by atoms with Gasteiger partial charge < -0.3 is 15.0 Å². The number of carboxylic acids is 1. The van der Waals surface area contributed by atoms with E-state index in [0.717, 1.165) is 34.1 Å². The number of fused-ring (bicyclic) bond motifs is 3. The Morgan fingerprint density at radius 2 is 1.89 bits per heavy atom. The maximum absolute atomic E-state index is 14.2. The van der Waals surface area contributed by atoms with Crippen LogP contribution >= 0.6 is 0 Å². The lowest BCUT2D eigenvalue weighted by atomic mass is 9.76. The van der Waals surface area contributed by atoms with Crippen molar-refractivity contribution in [3.05, 3.63) is 71.2 Å². The molecular weight excluding hydrogens is 443 g/mol. The molecule has 5 nitrogen and oxygen atoms in total. The number of carbonyl (C=O) groups is 2. The monoisotopic (exact) mass is 478 g/mol. The number of halogens is 1. The molecule has 4 rings (SSSR count). The molecule has 1 aliphatic rings. The molecule has 6 heteroatoms. The Labute approximate surface area is 206 Å². The number of aliphatic carboxylic acids is 1. The van der Waals surface area contributed by atoms with E-state index in [4.69, 9.17) is 0 Å². The number of hydrogen-bond acceptors (Lipinski definition) is 2. The van der Waals surface area contributed by atoms with Gasteiger partial charge in [-0.05, 0) is 66.8 Å². The van der Waals surface area contributed by atoms with Crippen LogP contribution in [0.3, 0.4) is 0 Å². The fraction of sp³-hybridized carbons (Fsp3) is 0.448. The van der Waals surface area contributed by atoms with Gasteiger partial charge in [0, 0.05) is 28.6 Å². The number of hydrogen-bond donors (Lipinski definition) is 2. The van der Waals surface area contributed by atoms with Crippen molar-refractivity contribution >= 4 is 22.8 Å². The zero-order chi connectivity index (χ0) is 25.3. The van der Waals surface area contributed by atoms with Crippen LogP contribution in [-0.2, 0) is 28.9 Å². The van der Waals surface area contributed by atoms with Crippen molar-refractivity contribution in [1.29, 1.82) is 0 Å². The van der Waals surface area contributed by atoms with Crippen molar-refractivity contribution in [3.63, 3.8) is 0 Å². The van der Waals surface area contributed by atoms with Crippen LogP contribution in [0.15, 0.2) is 48.5 Å². The summed E-state index contributed by atoms with van der Waals surface area (Å²) in [5.41, 5.74) is 3.56. The molecule has 0 saturated carbocycles. The lowest BCUT2D eigenvalue weighted by molar-refractivity contribution is -0.141. The number of carbonyl (C=O) groups excluding carboxylic acids is 1. The molecule has 2 aromatic carbocycles. The summed E-state index contributed by atoms with van der Waals surface area (Å²) in [6.07, 6.45) is 3.02. The largest absolute Gasteiger partial charge is 0.480 e. The summed E-state index contributed by atoms with van der Waals surface area (Å²) in [6, 6.07) is 13.8. The minimum atomic E-state index is -0.888. The van der Waals surface area contributed by atoms with Crippen LogP contribution in [0, 0.1) is 17.2 Å². The molecular formula is C29H35FN2O3. The van der Waals surface area contributed by atoms with E-state index in [9.17, 15) is 19.1 Å². The van der Waals surface area contributed by atoms with Crippen LogP contribution in [0.1, 0.15) is 63.4 Å². The Kier molecular flexibility index (Phi) is 7.02. The predicted octanol–water partition coefficient (Wildman–Crippen LogP) is 5.69. The van der Waals surface area contributed by atoms with Crippen LogP contribution < -0.4 is 5.32 Å². The van der Waals surface area contributed by atoms with Gasteiger partial charge in [-0.25, -0.2) is 9.18 Å². The van der Waals surface area contributed by atoms with Crippen molar-refractivity contribution < 1.29 is 19.1 Å². The Morgan fingerprint density at radius 3 is 2.51 bits per heavy atom. The van der Waals surface area contributed by atoms with E-state index in [0.29, 0.717) is 25.7 Å². The van der Waals surface area contributed by atoms with E-state index < -0.39 is 12.0 Å². The summed E-state index contributed by atoms with van der Waals surface area (Å²) >= 11 is 0. The number of nitrogens with one attached hydrogen (secondary N) is 1. The highest BCUT2D eigenvalue weighted by atomic mass is 19.1. The smallest absolute Gasteiger partial charge is 0.326 e. The normalized spacial score (nSPS) is 17.6. The molecule has 0 radical (unpaired) electrons. The average Bonchev–Trinajstić information content (AvgIpc) is 3.10. The summed E-state index contributed by atoms with van der Waals surface area (Å²) in [7, 11) is 0. The van der Waals surface area contributed by atoms with Gasteiger partial charge in [-0.1, -0.05) is 58.0 Å². The van der Waals surface area contributed by atoms with Crippen molar-refractivity contribution in [1.82, 2.24) is 9.88 Å². The molecule has 1 heterocycles. The second kappa shape index (κ2) is 9.84. The molecule has 186 valence electrons. The third-order valence-electron chi connectivity index (χ3n) is 7.34. The van der Waals surface area contributed by atoms with Gasteiger partial charge in [0.05, 0.1) is 0 Å². The van der Waals surface area contributed by atoms with Gasteiger partial charge in [-0.15, -0.1) is 0 Å². The van der Waals surface area contributed by atoms with Crippen LogP contribution in [0.25, 0.3) is 10.9 Å². The van der Waals surface area contributed by atoms with Crippen molar-refractivity contribution in [3.8, 4) is 0 Å². The summed E-state index contributed by atoms with van der Waals surface area (Å²) in [5, 5.41) is 13.9. The zero-order valence-corrected chi connectivity index (χ0v) is 21.0. The summed E-state index contributed by atoms with van der Waals surface area (Å²) in [6.45, 7) is 8.12. The average molecular weight is 479 g/mol. The van der Waals surface area contributed by atoms with Gasteiger partial charge in [-0.3, -0.25) is 4.79 Å². The molecule has 0 aliphatic heterocycles. The highest BCUT2D eigenvalue weighted by Gasteiger charge is 2.35. The minimum absolute atomic E-state index is 0.0293. The summed E-state index contributed by atoms with van der Waals surface area (Å²) < 4.78 is 16.1. The van der Waals surface area contributed by atoms with Crippen molar-refractivity contribution in [2.45, 2.75) is 71.9 Å². The quantitative estimate of drug-likeness (QED) is 0.458. The topological polar surface area (TPSA) is 71.3 Å². The molecule has 35 heavy (non-hydrogen) atoms. The third kappa shape index (κ3) is 5.12. The van der Waals surface area contributed by atoms with Gasteiger partial charge in [-0.2, -0.15) is 0 Å². The highest BCUT2D eigenvalue weighted by Crippen LogP contribution is 2.37. The highest BCUT2D eigenvalue weighted by molar-refractivity contribution is 5.88. The van der Waals surface area contributed by atoms with Gasteiger partial charge in [0.25, 0.3) is 0 Å². The molecule has 2 N–H and O–H groups in total. The maximum Gasteiger partial charge on any atom is 0.326 e. The Morgan fingerprint density at radius 1 is 1.17 bits per heavy atom. The van der Waals surface area contributed by atoms with E-state index >= 15 is 0 Å². The standard InChI is InChI=1S/C29H35FN2O3/c1-5-24(28(34)35)32-25-13-11-19(30)16-21(25)22-17-20(12-14-26(22)32)31-27(33)23(29(2,3)4)15-18-9-7-6-8-10-18/h6-11,13,16,20,23-24H,5,12,14-15,17H2,1-4H3,(H,31,33)(H,34,35)/t20-,23+,24?/m0/s1. The van der Waals surface area contributed by atoms with Gasteiger partial charge in [0.1, 0.15) is 11.9 Å². The number of carboxylic acid groups (broad SMARTS) is 1. The Balaban J connectivity index is 1.62. The number of nitrogens with zero attached hydrogens (tertiary/aromatic N) is 1. The van der Waals surface area contributed by atoms with E-state index in [2.05, 4.69) is 38.2 Å². The van der Waals surface area contributed by atoms with Crippen molar-refractivity contribution in [2.75, 3.05) is 0 Å². The fourth-order valence-electron chi connectivity index (χ4n) is 5.46. The molecule has 1 amide bonds. The first kappa shape index (κ1) is 25.0. The molecule has 1 unspecified atom stereocenters. The van der Waals surface area contributed by atoms with Crippen LogP contribution in [0.2, 0.25) is 0 Å². The van der Waals surface area contributed by atoms with Gasteiger partial charge in [0.15, 0.2) is 0 Å². The van der Waals surface area contributed by atoms with Crippen LogP contribution in [0.4, 0.5) is 4.39 Å². The number of benzene rings is 2. The van der Waals surface area contributed by atoms with Gasteiger partial charge in [0.2, 0.25) is 5.91 Å². The first-order valence-corrected chi connectivity index (χ1v) is 12.5. The molecule has 0 spiro atoms. The Hall–Kier alpha value is -3.15. The maximum atomic E-state index is 14.2. The van der Waals surface area contributed by atoms with E-state index in [1.165, 1.54) is 12.1 Å². The number of aromatic nitrogens is 1. The molecule has 3 aromatic rings. The summed E-state index contributed by atoms with van der Waals surface area (Å²) in [5.74, 6) is -1.40. The van der Waals surface area contributed by atoms with Crippen LogP contribution in [-0.4, -0.2) is 27.6 Å². The second-order valence-electron chi connectivity index (χ2n) is 10.8. The second-order valence-corrected chi connectivity index (χ2v) is 10.8.